The summed E-state index contributed by atoms with van der Waals surface area (Å²) >= 11 is 0. The average Bonchev–Trinajstić information content (AvgIpc) is 2.55. The Bertz CT molecular complexity index is 924. The van der Waals surface area contributed by atoms with E-state index < -0.39 is 0 Å². The summed E-state index contributed by atoms with van der Waals surface area (Å²) in [5, 5.41) is 12.7. The van der Waals surface area contributed by atoms with Crippen LogP contribution in [-0.4, -0.2) is 9.97 Å². The van der Waals surface area contributed by atoms with Crippen molar-refractivity contribution in [3.05, 3.63) is 70.0 Å². The molecule has 0 aliphatic rings. The molecule has 0 saturated carbocycles. The zero-order chi connectivity index (χ0) is 15.5. The zero-order valence-corrected chi connectivity index (χ0v) is 12.0. The lowest BCUT2D eigenvalue weighted by molar-refractivity contribution is 0.861. The van der Waals surface area contributed by atoms with Gasteiger partial charge >= 0.3 is 0 Å². The van der Waals surface area contributed by atoms with E-state index in [1.807, 2.05) is 37.3 Å². The summed E-state index contributed by atoms with van der Waals surface area (Å²) < 4.78 is 0. The Labute approximate surface area is 127 Å². The van der Waals surface area contributed by atoms with Gasteiger partial charge in [-0.05, 0) is 36.8 Å². The Hall–Kier alpha value is -3.13. The monoisotopic (exact) mass is 290 g/mol. The summed E-state index contributed by atoms with van der Waals surface area (Å²) in [5.74, 6) is 0.415. The molecule has 108 valence electrons. The number of aromatic nitrogens is 2. The maximum Gasteiger partial charge on any atom is 0.260 e. The van der Waals surface area contributed by atoms with E-state index in [1.54, 1.807) is 18.2 Å². The van der Waals surface area contributed by atoms with Crippen molar-refractivity contribution in [2.45, 2.75) is 13.0 Å². The van der Waals surface area contributed by atoms with Gasteiger partial charge < -0.3 is 5.32 Å². The highest BCUT2D eigenvalue weighted by Gasteiger charge is 2.09. The van der Waals surface area contributed by atoms with E-state index in [2.05, 4.69) is 21.4 Å². The van der Waals surface area contributed by atoms with Gasteiger partial charge in [0, 0.05) is 0 Å². The second kappa shape index (κ2) is 5.70. The first-order valence-corrected chi connectivity index (χ1v) is 6.93. The Kier molecular flexibility index (Phi) is 3.58. The second-order valence-electron chi connectivity index (χ2n) is 5.03. The van der Waals surface area contributed by atoms with E-state index in [4.69, 9.17) is 5.26 Å². The van der Waals surface area contributed by atoms with Crippen molar-refractivity contribution in [1.82, 2.24) is 9.97 Å². The SMILES string of the molecule is CC(Nc1nc2ccccc2c(=O)[nH]1)c1cccc(C#N)c1. The number of benzene rings is 2. The fraction of sp³-hybridized carbons (Fsp3) is 0.118. The Balaban J connectivity index is 1.92. The van der Waals surface area contributed by atoms with Crippen molar-refractivity contribution >= 4 is 16.9 Å². The smallest absolute Gasteiger partial charge is 0.260 e. The molecule has 2 N–H and O–H groups in total. The minimum atomic E-state index is -0.175. The lowest BCUT2D eigenvalue weighted by Gasteiger charge is -2.15. The van der Waals surface area contributed by atoms with Crippen LogP contribution in [0, 0.1) is 11.3 Å². The molecule has 0 aliphatic carbocycles. The predicted molar refractivity (Wildman–Crippen MR) is 85.6 cm³/mol. The number of hydrogen-bond acceptors (Lipinski definition) is 4. The largest absolute Gasteiger partial charge is 0.349 e. The van der Waals surface area contributed by atoms with E-state index in [0.717, 1.165) is 5.56 Å². The Morgan fingerprint density at radius 3 is 2.86 bits per heavy atom. The summed E-state index contributed by atoms with van der Waals surface area (Å²) in [5.41, 5.74) is 2.03. The zero-order valence-electron chi connectivity index (χ0n) is 12.0. The van der Waals surface area contributed by atoms with Crippen molar-refractivity contribution in [2.24, 2.45) is 0 Å². The van der Waals surface area contributed by atoms with Gasteiger partial charge in [-0.2, -0.15) is 5.26 Å². The van der Waals surface area contributed by atoms with Crippen LogP contribution in [0.5, 0.6) is 0 Å². The fourth-order valence-electron chi connectivity index (χ4n) is 2.32. The molecule has 0 saturated heterocycles. The van der Waals surface area contributed by atoms with E-state index in [9.17, 15) is 4.79 Å². The number of H-pyrrole nitrogens is 1. The second-order valence-corrected chi connectivity index (χ2v) is 5.03. The molecule has 1 unspecified atom stereocenters. The molecule has 0 bridgehead atoms. The normalized spacial score (nSPS) is 11.8. The van der Waals surface area contributed by atoms with Gasteiger partial charge in [0.25, 0.3) is 5.56 Å². The molecular weight excluding hydrogens is 276 g/mol. The number of fused-ring (bicyclic) bond motifs is 1. The van der Waals surface area contributed by atoms with Gasteiger partial charge in [0.15, 0.2) is 0 Å². The van der Waals surface area contributed by atoms with Crippen molar-refractivity contribution < 1.29 is 0 Å². The highest BCUT2D eigenvalue weighted by atomic mass is 16.1. The first-order valence-electron chi connectivity index (χ1n) is 6.93. The van der Waals surface area contributed by atoms with Crippen molar-refractivity contribution in [2.75, 3.05) is 5.32 Å². The number of rotatable bonds is 3. The number of nitrogens with zero attached hydrogens (tertiary/aromatic N) is 2. The topological polar surface area (TPSA) is 81.6 Å². The maximum atomic E-state index is 12.0. The molecule has 0 spiro atoms. The maximum absolute atomic E-state index is 12.0. The van der Waals surface area contributed by atoms with Crippen LogP contribution in [0.15, 0.2) is 53.3 Å². The number of hydrogen-bond donors (Lipinski definition) is 2. The van der Waals surface area contributed by atoms with E-state index in [-0.39, 0.29) is 11.6 Å². The number of anilines is 1. The van der Waals surface area contributed by atoms with Crippen LogP contribution >= 0.6 is 0 Å². The summed E-state index contributed by atoms with van der Waals surface area (Å²) in [6.07, 6.45) is 0. The molecule has 0 amide bonds. The third-order valence-corrected chi connectivity index (χ3v) is 3.48. The summed E-state index contributed by atoms with van der Waals surface area (Å²) in [7, 11) is 0. The quantitative estimate of drug-likeness (QED) is 0.777. The Morgan fingerprint density at radius 1 is 1.23 bits per heavy atom. The van der Waals surface area contributed by atoms with Crippen LogP contribution in [0.25, 0.3) is 10.9 Å². The summed E-state index contributed by atoms with van der Waals surface area (Å²) in [6, 6.07) is 16.6. The van der Waals surface area contributed by atoms with Gasteiger partial charge in [0.1, 0.15) is 0 Å². The van der Waals surface area contributed by atoms with Gasteiger partial charge in [-0.25, -0.2) is 4.98 Å². The van der Waals surface area contributed by atoms with E-state index in [0.29, 0.717) is 22.4 Å². The van der Waals surface area contributed by atoms with Crippen molar-refractivity contribution in [1.29, 1.82) is 5.26 Å². The average molecular weight is 290 g/mol. The predicted octanol–water partition coefficient (Wildman–Crippen LogP) is 2.97. The standard InChI is InChI=1S/C17H14N4O/c1-11(13-6-4-5-12(9-13)10-18)19-17-20-15-8-3-2-7-14(15)16(22)21-17/h2-9,11H,1H3,(H2,19,20,21,22). The number of nitriles is 1. The molecule has 1 aromatic heterocycles. The molecule has 5 heteroatoms. The van der Waals surface area contributed by atoms with Crippen LogP contribution in [0.4, 0.5) is 5.95 Å². The molecule has 22 heavy (non-hydrogen) atoms. The number of nitrogens with one attached hydrogen (secondary N) is 2. The first kappa shape index (κ1) is 13.8. The number of aromatic amines is 1. The van der Waals surface area contributed by atoms with Gasteiger partial charge in [-0.15, -0.1) is 0 Å². The molecular formula is C17H14N4O. The molecule has 1 heterocycles. The van der Waals surface area contributed by atoms with E-state index >= 15 is 0 Å². The molecule has 0 radical (unpaired) electrons. The minimum Gasteiger partial charge on any atom is -0.349 e. The fourth-order valence-corrected chi connectivity index (χ4v) is 2.32. The van der Waals surface area contributed by atoms with E-state index in [1.165, 1.54) is 0 Å². The molecule has 1 atom stereocenters. The Morgan fingerprint density at radius 2 is 2.05 bits per heavy atom. The molecule has 0 fully saturated rings. The van der Waals surface area contributed by atoms with Crippen molar-refractivity contribution in [3.8, 4) is 6.07 Å². The molecule has 3 rings (SSSR count). The minimum absolute atomic E-state index is 0.0855. The van der Waals surface area contributed by atoms with Crippen LogP contribution in [0.1, 0.15) is 24.1 Å². The van der Waals surface area contributed by atoms with Crippen molar-refractivity contribution in [3.63, 3.8) is 0 Å². The summed E-state index contributed by atoms with van der Waals surface area (Å²) in [4.78, 5) is 19.2. The van der Waals surface area contributed by atoms with Crippen LogP contribution in [-0.2, 0) is 0 Å². The highest BCUT2D eigenvalue weighted by molar-refractivity contribution is 5.78. The molecule has 0 aliphatic heterocycles. The van der Waals surface area contributed by atoms with Gasteiger partial charge in [0.05, 0.1) is 28.6 Å². The summed E-state index contributed by atoms with van der Waals surface area (Å²) in [6.45, 7) is 1.95. The van der Waals surface area contributed by atoms with Crippen LogP contribution < -0.4 is 10.9 Å². The van der Waals surface area contributed by atoms with Gasteiger partial charge in [-0.3, -0.25) is 9.78 Å². The molecule has 5 nitrogen and oxygen atoms in total. The first-order chi connectivity index (χ1) is 10.7. The van der Waals surface area contributed by atoms with Gasteiger partial charge in [0.2, 0.25) is 5.95 Å². The lowest BCUT2D eigenvalue weighted by atomic mass is 10.1. The third-order valence-electron chi connectivity index (χ3n) is 3.48. The van der Waals surface area contributed by atoms with Crippen LogP contribution in [0.2, 0.25) is 0 Å². The highest BCUT2D eigenvalue weighted by Crippen LogP contribution is 2.18. The van der Waals surface area contributed by atoms with Crippen LogP contribution in [0.3, 0.4) is 0 Å². The third kappa shape index (κ3) is 2.67. The van der Waals surface area contributed by atoms with Gasteiger partial charge in [-0.1, -0.05) is 24.3 Å². The lowest BCUT2D eigenvalue weighted by Crippen LogP contribution is -2.15. The molecule has 3 aromatic rings. The molecule has 2 aromatic carbocycles. The number of para-hydroxylation sites is 1.